The van der Waals surface area contributed by atoms with Crippen molar-refractivity contribution in [3.05, 3.63) is 70.8 Å². The van der Waals surface area contributed by atoms with E-state index in [9.17, 15) is 9.59 Å². The van der Waals surface area contributed by atoms with Crippen LogP contribution in [0.3, 0.4) is 0 Å². The number of carbonyl (C=O) groups is 2. The van der Waals surface area contributed by atoms with Crippen molar-refractivity contribution in [2.45, 2.75) is 38.8 Å². The van der Waals surface area contributed by atoms with E-state index in [1.165, 1.54) is 11.1 Å². The van der Waals surface area contributed by atoms with Crippen molar-refractivity contribution in [3.63, 3.8) is 0 Å². The summed E-state index contributed by atoms with van der Waals surface area (Å²) in [6.07, 6.45) is 2.57. The molecular formula is C24H31N3O2. The fourth-order valence-corrected chi connectivity index (χ4v) is 3.77. The van der Waals surface area contributed by atoms with Gasteiger partial charge in [-0.1, -0.05) is 43.3 Å². The third-order valence-corrected chi connectivity index (χ3v) is 5.59. The van der Waals surface area contributed by atoms with E-state index in [0.717, 1.165) is 24.9 Å². The fourth-order valence-electron chi connectivity index (χ4n) is 3.77. The Morgan fingerprint density at radius 2 is 1.90 bits per heavy atom. The van der Waals surface area contributed by atoms with E-state index in [1.807, 2.05) is 43.3 Å². The lowest BCUT2D eigenvalue weighted by atomic mass is 10.0. The lowest BCUT2D eigenvalue weighted by Gasteiger charge is -2.25. The summed E-state index contributed by atoms with van der Waals surface area (Å²) in [7, 11) is 4.05. The molecule has 0 aromatic heterocycles. The number of likely N-dealkylation sites (N-methyl/N-ethyl adjacent to an activating group) is 1. The molecule has 5 heteroatoms. The van der Waals surface area contributed by atoms with Gasteiger partial charge in [0, 0.05) is 31.6 Å². The highest BCUT2D eigenvalue weighted by atomic mass is 16.2. The number of likely N-dealkylation sites (tertiary alicyclic amines) is 1. The SMILES string of the molecule is CCc1ccc(C(CNC(=O)c2cccc(CN3CCCC3=O)c2)N(C)C)cc1. The summed E-state index contributed by atoms with van der Waals surface area (Å²) >= 11 is 0. The van der Waals surface area contributed by atoms with Crippen molar-refractivity contribution in [1.82, 2.24) is 15.1 Å². The number of hydrogen-bond donors (Lipinski definition) is 1. The van der Waals surface area contributed by atoms with Gasteiger partial charge in [-0.05, 0) is 55.8 Å². The summed E-state index contributed by atoms with van der Waals surface area (Å²) in [5, 5.41) is 3.08. The maximum Gasteiger partial charge on any atom is 0.251 e. The van der Waals surface area contributed by atoms with E-state index in [-0.39, 0.29) is 17.9 Å². The molecule has 1 aliphatic rings. The van der Waals surface area contributed by atoms with Crippen molar-refractivity contribution in [2.75, 3.05) is 27.2 Å². The second-order valence-corrected chi connectivity index (χ2v) is 7.90. The number of amides is 2. The molecule has 1 saturated heterocycles. The van der Waals surface area contributed by atoms with Crippen LogP contribution in [0.5, 0.6) is 0 Å². The Labute approximate surface area is 173 Å². The van der Waals surface area contributed by atoms with Gasteiger partial charge in [-0.2, -0.15) is 0 Å². The van der Waals surface area contributed by atoms with Crippen molar-refractivity contribution in [2.24, 2.45) is 0 Å². The van der Waals surface area contributed by atoms with Gasteiger partial charge in [-0.3, -0.25) is 9.59 Å². The smallest absolute Gasteiger partial charge is 0.251 e. The van der Waals surface area contributed by atoms with Crippen LogP contribution in [0.4, 0.5) is 0 Å². The number of hydrogen-bond acceptors (Lipinski definition) is 3. The molecule has 1 unspecified atom stereocenters. The minimum atomic E-state index is -0.0865. The van der Waals surface area contributed by atoms with E-state index < -0.39 is 0 Å². The van der Waals surface area contributed by atoms with Crippen LogP contribution in [0.2, 0.25) is 0 Å². The summed E-state index contributed by atoms with van der Waals surface area (Å²) < 4.78 is 0. The number of benzene rings is 2. The molecule has 5 nitrogen and oxygen atoms in total. The van der Waals surface area contributed by atoms with Crippen molar-refractivity contribution in [1.29, 1.82) is 0 Å². The second-order valence-electron chi connectivity index (χ2n) is 7.90. The Morgan fingerprint density at radius 3 is 2.52 bits per heavy atom. The molecular weight excluding hydrogens is 362 g/mol. The van der Waals surface area contributed by atoms with E-state index in [4.69, 9.17) is 0 Å². The van der Waals surface area contributed by atoms with Gasteiger partial charge in [0.15, 0.2) is 0 Å². The van der Waals surface area contributed by atoms with Crippen LogP contribution in [0.25, 0.3) is 0 Å². The topological polar surface area (TPSA) is 52.7 Å². The first-order chi connectivity index (χ1) is 14.0. The first kappa shape index (κ1) is 21.1. The lowest BCUT2D eigenvalue weighted by Crippen LogP contribution is -2.34. The minimum absolute atomic E-state index is 0.0865. The van der Waals surface area contributed by atoms with E-state index in [2.05, 4.69) is 41.4 Å². The maximum atomic E-state index is 12.7. The average Bonchev–Trinajstić information content (AvgIpc) is 3.13. The third kappa shape index (κ3) is 5.45. The molecule has 3 rings (SSSR count). The summed E-state index contributed by atoms with van der Waals surface area (Å²) in [4.78, 5) is 28.6. The Morgan fingerprint density at radius 1 is 1.14 bits per heavy atom. The largest absolute Gasteiger partial charge is 0.350 e. The molecule has 1 heterocycles. The van der Waals surface area contributed by atoms with Gasteiger partial charge in [-0.15, -0.1) is 0 Å². The normalized spacial score (nSPS) is 15.0. The summed E-state index contributed by atoms with van der Waals surface area (Å²) in [5.41, 5.74) is 4.12. The number of nitrogens with one attached hydrogen (secondary N) is 1. The number of aryl methyl sites for hydroxylation is 1. The molecule has 154 valence electrons. The Hall–Kier alpha value is -2.66. The van der Waals surface area contributed by atoms with Gasteiger partial charge >= 0.3 is 0 Å². The van der Waals surface area contributed by atoms with E-state index in [0.29, 0.717) is 25.1 Å². The zero-order valence-corrected chi connectivity index (χ0v) is 17.6. The van der Waals surface area contributed by atoms with Gasteiger partial charge < -0.3 is 15.1 Å². The molecule has 2 amide bonds. The molecule has 2 aromatic rings. The van der Waals surface area contributed by atoms with Gasteiger partial charge in [0.25, 0.3) is 5.91 Å². The molecule has 2 aromatic carbocycles. The molecule has 0 saturated carbocycles. The monoisotopic (exact) mass is 393 g/mol. The lowest BCUT2D eigenvalue weighted by molar-refractivity contribution is -0.128. The maximum absolute atomic E-state index is 12.7. The van der Waals surface area contributed by atoms with Gasteiger partial charge in [0.1, 0.15) is 0 Å². The molecule has 0 radical (unpaired) electrons. The molecule has 0 spiro atoms. The van der Waals surface area contributed by atoms with Gasteiger partial charge in [0.05, 0.1) is 6.04 Å². The summed E-state index contributed by atoms with van der Waals surface area (Å²) in [6, 6.07) is 16.3. The van der Waals surface area contributed by atoms with Crippen LogP contribution in [0, 0.1) is 0 Å². The average molecular weight is 394 g/mol. The van der Waals surface area contributed by atoms with Crippen LogP contribution >= 0.6 is 0 Å². The van der Waals surface area contributed by atoms with Crippen molar-refractivity contribution in [3.8, 4) is 0 Å². The van der Waals surface area contributed by atoms with Crippen LogP contribution in [0.15, 0.2) is 48.5 Å². The van der Waals surface area contributed by atoms with Crippen LogP contribution in [-0.2, 0) is 17.8 Å². The molecule has 1 aliphatic heterocycles. The predicted octanol–water partition coefficient (Wildman–Crippen LogP) is 3.40. The van der Waals surface area contributed by atoms with Gasteiger partial charge in [0.2, 0.25) is 5.91 Å². The standard InChI is InChI=1S/C24H31N3O2/c1-4-18-10-12-20(13-11-18)22(26(2)3)16-25-24(29)21-8-5-7-19(15-21)17-27-14-6-9-23(27)28/h5,7-8,10-13,15,22H,4,6,9,14,16-17H2,1-3H3,(H,25,29). The molecule has 29 heavy (non-hydrogen) atoms. The Balaban J connectivity index is 1.63. The highest BCUT2D eigenvalue weighted by molar-refractivity contribution is 5.94. The zero-order chi connectivity index (χ0) is 20.8. The number of nitrogens with zero attached hydrogens (tertiary/aromatic N) is 2. The quantitative estimate of drug-likeness (QED) is 0.748. The summed E-state index contributed by atoms with van der Waals surface area (Å²) in [6.45, 7) is 4.05. The highest BCUT2D eigenvalue weighted by Gasteiger charge is 2.20. The molecule has 1 N–H and O–H groups in total. The van der Waals surface area contributed by atoms with Gasteiger partial charge in [-0.25, -0.2) is 0 Å². The predicted molar refractivity (Wildman–Crippen MR) is 116 cm³/mol. The summed E-state index contributed by atoms with van der Waals surface area (Å²) in [5.74, 6) is 0.111. The van der Waals surface area contributed by atoms with E-state index >= 15 is 0 Å². The second kappa shape index (κ2) is 9.70. The van der Waals surface area contributed by atoms with E-state index in [1.54, 1.807) is 0 Å². The first-order valence-corrected chi connectivity index (χ1v) is 10.4. The van der Waals surface area contributed by atoms with Crippen LogP contribution in [-0.4, -0.2) is 48.8 Å². The van der Waals surface area contributed by atoms with Crippen LogP contribution in [0.1, 0.15) is 52.9 Å². The van der Waals surface area contributed by atoms with Crippen LogP contribution < -0.4 is 5.32 Å². The van der Waals surface area contributed by atoms with Crippen molar-refractivity contribution < 1.29 is 9.59 Å². The zero-order valence-electron chi connectivity index (χ0n) is 17.6. The highest BCUT2D eigenvalue weighted by Crippen LogP contribution is 2.19. The number of rotatable bonds is 8. The molecule has 0 bridgehead atoms. The Kier molecular flexibility index (Phi) is 7.04. The molecule has 1 atom stereocenters. The minimum Gasteiger partial charge on any atom is -0.350 e. The Bertz CT molecular complexity index is 845. The third-order valence-electron chi connectivity index (χ3n) is 5.59. The number of carbonyl (C=O) groups excluding carboxylic acids is 2. The molecule has 0 aliphatic carbocycles. The van der Waals surface area contributed by atoms with Crippen molar-refractivity contribution >= 4 is 11.8 Å². The molecule has 1 fully saturated rings. The fraction of sp³-hybridized carbons (Fsp3) is 0.417. The first-order valence-electron chi connectivity index (χ1n) is 10.4.